The van der Waals surface area contributed by atoms with E-state index in [0.29, 0.717) is 17.8 Å². The molecule has 0 amide bonds. The van der Waals surface area contributed by atoms with Crippen molar-refractivity contribution in [2.24, 2.45) is 10.9 Å². The van der Waals surface area contributed by atoms with Crippen LogP contribution < -0.4 is 10.5 Å². The van der Waals surface area contributed by atoms with E-state index in [-0.39, 0.29) is 37.0 Å². The van der Waals surface area contributed by atoms with Gasteiger partial charge in [-0.15, -0.1) is 0 Å². The number of aliphatic hydroxyl groups excluding tert-OH is 2. The number of phosphoric acid groups is 1. The second-order valence-electron chi connectivity index (χ2n) is 15.0. The SMILES string of the molecule is CCCCCCCCCCCCCCCCCOC[C@@H](COc1cc(F)cc(C#N)c1)COP(=O)(O)OC[C@@]1(C=NC)O[C@@H](c2ccc3c(N)ncnn23)[C@H](O)[C@@H]1O. The van der Waals surface area contributed by atoms with Crippen LogP contribution in [0.25, 0.3) is 5.52 Å². The van der Waals surface area contributed by atoms with Crippen molar-refractivity contribution >= 4 is 25.4 Å². The molecule has 17 heteroatoms. The van der Waals surface area contributed by atoms with Crippen molar-refractivity contribution < 1.29 is 47.3 Å². The number of nitrogen functional groups attached to an aromatic ring is 1. The van der Waals surface area contributed by atoms with Gasteiger partial charge in [0.15, 0.2) is 11.4 Å². The fourth-order valence-electron chi connectivity index (χ4n) is 7.05. The van der Waals surface area contributed by atoms with Crippen LogP contribution in [0.1, 0.15) is 121 Å². The molecule has 15 nitrogen and oxygen atoms in total. The van der Waals surface area contributed by atoms with Crippen molar-refractivity contribution in [1.82, 2.24) is 14.6 Å². The minimum absolute atomic E-state index is 0.0799. The molecular weight excluding hydrogens is 770 g/mol. The number of anilines is 1. The maximum atomic E-state index is 14.1. The molecular formula is C41H62FN6O9P. The lowest BCUT2D eigenvalue weighted by Gasteiger charge is -2.28. The first-order valence-electron chi connectivity index (χ1n) is 20.6. The highest BCUT2D eigenvalue weighted by Gasteiger charge is 2.55. The van der Waals surface area contributed by atoms with Crippen molar-refractivity contribution in [3.05, 3.63) is 53.7 Å². The van der Waals surface area contributed by atoms with E-state index >= 15 is 0 Å². The van der Waals surface area contributed by atoms with Crippen LogP contribution in [0.3, 0.4) is 0 Å². The number of aliphatic hydroxyl groups is 2. The van der Waals surface area contributed by atoms with E-state index in [4.69, 9.17) is 29.0 Å². The normalized spacial score (nSPS) is 21.1. The molecule has 1 saturated heterocycles. The number of fused-ring (bicyclic) bond motifs is 1. The van der Waals surface area contributed by atoms with E-state index in [1.165, 1.54) is 107 Å². The van der Waals surface area contributed by atoms with Gasteiger partial charge in [-0.25, -0.2) is 18.5 Å². The quantitative estimate of drug-likeness (QED) is 0.0308. The zero-order valence-electron chi connectivity index (χ0n) is 33.9. The summed E-state index contributed by atoms with van der Waals surface area (Å²) in [7, 11) is -3.41. The summed E-state index contributed by atoms with van der Waals surface area (Å²) in [5.41, 5.74) is 4.98. The number of phosphoric ester groups is 1. The second kappa shape index (κ2) is 24.5. The number of benzene rings is 1. The van der Waals surface area contributed by atoms with Gasteiger partial charge < -0.3 is 35.1 Å². The first kappa shape index (κ1) is 47.2. The second-order valence-corrected chi connectivity index (χ2v) is 16.5. The van der Waals surface area contributed by atoms with Gasteiger partial charge in [0.05, 0.1) is 43.8 Å². The lowest BCUT2D eigenvalue weighted by atomic mass is 9.96. The molecule has 1 aromatic carbocycles. The molecule has 3 heterocycles. The van der Waals surface area contributed by atoms with Gasteiger partial charge in [-0.1, -0.05) is 96.8 Å². The Bertz CT molecular complexity index is 1790. The zero-order valence-corrected chi connectivity index (χ0v) is 34.8. The summed E-state index contributed by atoms with van der Waals surface area (Å²) in [5.74, 6) is -0.940. The monoisotopic (exact) mass is 832 g/mol. The molecule has 1 aliphatic heterocycles. The molecule has 0 spiro atoms. The number of unbranched alkanes of at least 4 members (excludes halogenated alkanes) is 14. The van der Waals surface area contributed by atoms with Gasteiger partial charge in [0.25, 0.3) is 0 Å². The zero-order chi connectivity index (χ0) is 41.8. The summed E-state index contributed by atoms with van der Waals surface area (Å²) in [4.78, 5) is 18.7. The number of aromatic nitrogens is 3. The predicted molar refractivity (Wildman–Crippen MR) is 218 cm³/mol. The molecule has 0 aliphatic carbocycles. The standard InChI is InChI=1S/C41H62FN6O9P/c1-3-4-5-6-7-8-9-10-11-12-13-14-15-16-17-20-53-25-32(26-54-34-22-31(24-43)21-33(42)23-34)27-55-58(51,52)56-29-41(28-45-2)39(50)37(49)38(57-41)35-18-19-36-40(44)46-30-47-48(35)36/h18-19,21-23,28,30,32,37-39,49-50H,3-17,20,25-27,29H2,1-2H3,(H,51,52)(H2,44,46,47)/t32-,37-,38-,39-,41+/m0/s1. The first-order valence-corrected chi connectivity index (χ1v) is 22.1. The number of hydrogen-bond acceptors (Lipinski definition) is 13. The van der Waals surface area contributed by atoms with Gasteiger partial charge in [-0.2, -0.15) is 10.4 Å². The third-order valence-electron chi connectivity index (χ3n) is 10.3. The Labute approximate surface area is 341 Å². The smallest absolute Gasteiger partial charge is 0.472 e. The van der Waals surface area contributed by atoms with Gasteiger partial charge >= 0.3 is 7.82 Å². The Balaban J connectivity index is 1.25. The molecule has 58 heavy (non-hydrogen) atoms. The summed E-state index contributed by atoms with van der Waals surface area (Å²) in [5, 5.41) is 35.6. The minimum Gasteiger partial charge on any atom is -0.493 e. The highest BCUT2D eigenvalue weighted by Crippen LogP contribution is 2.47. The molecule has 1 fully saturated rings. The van der Waals surface area contributed by atoms with Gasteiger partial charge in [0, 0.05) is 31.9 Å². The molecule has 0 saturated carbocycles. The summed E-state index contributed by atoms with van der Waals surface area (Å²) in [6, 6.07) is 8.73. The van der Waals surface area contributed by atoms with Crippen LogP contribution in [-0.4, -0.2) is 93.8 Å². The van der Waals surface area contributed by atoms with Crippen LogP contribution >= 0.6 is 7.82 Å². The number of nitrogens with two attached hydrogens (primary N) is 1. The largest absolute Gasteiger partial charge is 0.493 e. The summed E-state index contributed by atoms with van der Waals surface area (Å²) >= 11 is 0. The first-order chi connectivity index (χ1) is 28.0. The van der Waals surface area contributed by atoms with Crippen LogP contribution in [0.2, 0.25) is 0 Å². The molecule has 322 valence electrons. The molecule has 1 aliphatic rings. The molecule has 2 aromatic heterocycles. The van der Waals surface area contributed by atoms with Crippen LogP contribution in [0.4, 0.5) is 10.2 Å². The average molecular weight is 833 g/mol. The molecule has 0 bridgehead atoms. The van der Waals surface area contributed by atoms with Gasteiger partial charge in [0.2, 0.25) is 0 Å². The molecule has 5 N–H and O–H groups in total. The van der Waals surface area contributed by atoms with Gasteiger partial charge in [-0.05, 0) is 30.7 Å². The Kier molecular flexibility index (Phi) is 20.0. The molecule has 1 unspecified atom stereocenters. The highest BCUT2D eigenvalue weighted by molar-refractivity contribution is 7.47. The molecule has 0 radical (unpaired) electrons. The van der Waals surface area contributed by atoms with E-state index in [1.54, 1.807) is 12.1 Å². The number of nitrogens with zero attached hydrogens (tertiary/aromatic N) is 5. The van der Waals surface area contributed by atoms with E-state index in [1.807, 2.05) is 6.07 Å². The number of halogens is 1. The highest BCUT2D eigenvalue weighted by atomic mass is 31.2. The maximum absolute atomic E-state index is 14.1. The maximum Gasteiger partial charge on any atom is 0.472 e. The lowest BCUT2D eigenvalue weighted by molar-refractivity contribution is -0.0638. The summed E-state index contributed by atoms with van der Waals surface area (Å²) in [6.07, 6.45) is 16.9. The van der Waals surface area contributed by atoms with E-state index in [9.17, 15) is 29.3 Å². The van der Waals surface area contributed by atoms with E-state index < -0.39 is 50.1 Å². The summed E-state index contributed by atoms with van der Waals surface area (Å²) < 4.78 is 57.2. The molecule has 6 atom stereocenters. The Hall–Kier alpha value is -3.52. The van der Waals surface area contributed by atoms with Gasteiger partial charge in [0.1, 0.15) is 41.7 Å². The van der Waals surface area contributed by atoms with Crippen molar-refractivity contribution in [3.8, 4) is 11.8 Å². The van der Waals surface area contributed by atoms with E-state index in [2.05, 4.69) is 22.0 Å². The molecule has 4 rings (SSSR count). The van der Waals surface area contributed by atoms with Crippen molar-refractivity contribution in [3.63, 3.8) is 0 Å². The third kappa shape index (κ3) is 14.6. The Morgan fingerprint density at radius 3 is 2.29 bits per heavy atom. The number of hydrogen-bond donors (Lipinski definition) is 4. The number of ether oxygens (including phenoxy) is 3. The van der Waals surface area contributed by atoms with Crippen LogP contribution in [0.5, 0.6) is 5.75 Å². The van der Waals surface area contributed by atoms with Crippen LogP contribution in [0, 0.1) is 23.1 Å². The van der Waals surface area contributed by atoms with Gasteiger partial charge in [-0.3, -0.25) is 14.0 Å². The fourth-order valence-corrected chi connectivity index (χ4v) is 7.89. The molecule has 3 aromatic rings. The third-order valence-corrected chi connectivity index (χ3v) is 11.2. The van der Waals surface area contributed by atoms with Crippen LogP contribution in [0.15, 0.2) is 41.7 Å². The van der Waals surface area contributed by atoms with Crippen molar-refractivity contribution in [2.75, 3.05) is 45.8 Å². The van der Waals surface area contributed by atoms with Crippen molar-refractivity contribution in [1.29, 1.82) is 5.26 Å². The number of rotatable bonds is 29. The van der Waals surface area contributed by atoms with E-state index in [0.717, 1.165) is 31.4 Å². The number of nitriles is 1. The number of aliphatic imine (C=N–C) groups is 1. The predicted octanol–water partition coefficient (Wildman–Crippen LogP) is 7.27. The Morgan fingerprint density at radius 2 is 1.66 bits per heavy atom. The lowest BCUT2D eigenvalue weighted by Crippen LogP contribution is -2.48. The minimum atomic E-state index is -4.82. The fraction of sp³-hybridized carbons (Fsp3) is 0.659. The summed E-state index contributed by atoms with van der Waals surface area (Å²) in [6.45, 7) is 1.65. The van der Waals surface area contributed by atoms with Crippen molar-refractivity contribution in [2.45, 2.75) is 127 Å². The Morgan fingerprint density at radius 1 is 1.00 bits per heavy atom. The van der Waals surface area contributed by atoms with Crippen LogP contribution in [-0.2, 0) is 23.1 Å². The average Bonchev–Trinajstić information content (AvgIpc) is 3.74. The topological polar surface area (TPSA) is 216 Å².